The molecule has 1 aliphatic heterocycles. The molecule has 0 aromatic carbocycles. The van der Waals surface area contributed by atoms with E-state index in [4.69, 9.17) is 21.1 Å². The fourth-order valence-electron chi connectivity index (χ4n) is 2.40. The molecule has 0 bridgehead atoms. The summed E-state index contributed by atoms with van der Waals surface area (Å²) in [4.78, 5) is 16.4. The summed E-state index contributed by atoms with van der Waals surface area (Å²) in [5, 5.41) is 11.8. The predicted molar refractivity (Wildman–Crippen MR) is 97.8 cm³/mol. The Morgan fingerprint density at radius 1 is 1.50 bits per heavy atom. The van der Waals surface area contributed by atoms with Crippen LogP contribution in [-0.2, 0) is 11.8 Å². The van der Waals surface area contributed by atoms with Crippen molar-refractivity contribution in [3.05, 3.63) is 29.2 Å². The largest absolute Gasteiger partial charge is 0.473 e. The van der Waals surface area contributed by atoms with Crippen LogP contribution >= 0.6 is 23.4 Å². The van der Waals surface area contributed by atoms with Gasteiger partial charge in [0.1, 0.15) is 17.5 Å². The van der Waals surface area contributed by atoms with Crippen LogP contribution in [-0.4, -0.2) is 57.3 Å². The molecule has 3 heterocycles. The highest BCUT2D eigenvalue weighted by atomic mass is 35.5. The fraction of sp³-hybridized carbons (Fsp3) is 0.500. The molecule has 0 radical (unpaired) electrons. The molecule has 1 aliphatic rings. The Kier molecular flexibility index (Phi) is 6.70. The quantitative estimate of drug-likeness (QED) is 0.563. The Bertz CT molecular complexity index is 751. The molecule has 1 fully saturated rings. The van der Waals surface area contributed by atoms with Crippen LogP contribution in [0.4, 0.5) is 0 Å². The van der Waals surface area contributed by atoms with E-state index < -0.39 is 0 Å². The van der Waals surface area contributed by atoms with E-state index in [1.54, 1.807) is 12.4 Å². The molecule has 0 spiro atoms. The van der Waals surface area contributed by atoms with Crippen LogP contribution in [0, 0.1) is 0 Å². The van der Waals surface area contributed by atoms with E-state index in [0.29, 0.717) is 42.0 Å². The number of thioether (sulfide) groups is 1. The highest BCUT2D eigenvalue weighted by molar-refractivity contribution is 7.99. The second kappa shape index (κ2) is 9.20. The van der Waals surface area contributed by atoms with Gasteiger partial charge in [0.15, 0.2) is 5.16 Å². The second-order valence-electron chi connectivity index (χ2n) is 5.77. The monoisotopic (exact) mass is 397 g/mol. The number of halogens is 1. The van der Waals surface area contributed by atoms with E-state index in [2.05, 4.69) is 20.5 Å². The van der Waals surface area contributed by atoms with Gasteiger partial charge in [0.25, 0.3) is 5.91 Å². The highest BCUT2D eigenvalue weighted by Gasteiger charge is 2.18. The summed E-state index contributed by atoms with van der Waals surface area (Å²) in [6.45, 7) is 1.85. The standard InChI is InChI=1S/C16H20ClN5O3S/c1-22-10-20-21-16(22)26-7-4-18-14(23)11-8-13(17)15(19-9-11)25-12-2-5-24-6-3-12/h8-10,12H,2-7H2,1H3,(H,18,23). The first-order valence-electron chi connectivity index (χ1n) is 8.28. The molecule has 2 aromatic rings. The van der Waals surface area contributed by atoms with Crippen molar-refractivity contribution in [1.29, 1.82) is 0 Å². The molecule has 26 heavy (non-hydrogen) atoms. The van der Waals surface area contributed by atoms with E-state index in [0.717, 1.165) is 18.0 Å². The van der Waals surface area contributed by atoms with Crippen molar-refractivity contribution in [3.63, 3.8) is 0 Å². The Morgan fingerprint density at radius 2 is 2.31 bits per heavy atom. The van der Waals surface area contributed by atoms with Gasteiger partial charge in [-0.2, -0.15) is 0 Å². The number of carbonyl (C=O) groups is 1. The zero-order valence-corrected chi connectivity index (χ0v) is 15.9. The highest BCUT2D eigenvalue weighted by Crippen LogP contribution is 2.25. The van der Waals surface area contributed by atoms with E-state index >= 15 is 0 Å². The molecule has 140 valence electrons. The molecule has 1 amide bonds. The summed E-state index contributed by atoms with van der Waals surface area (Å²) in [6.07, 6.45) is 4.78. The Morgan fingerprint density at radius 3 is 3.00 bits per heavy atom. The molecular weight excluding hydrogens is 378 g/mol. The van der Waals surface area contributed by atoms with Gasteiger partial charge in [-0.05, 0) is 6.07 Å². The molecule has 1 N–H and O–H groups in total. The lowest BCUT2D eigenvalue weighted by Crippen LogP contribution is -2.27. The molecule has 0 saturated carbocycles. The number of pyridine rings is 1. The van der Waals surface area contributed by atoms with E-state index in [-0.39, 0.29) is 12.0 Å². The van der Waals surface area contributed by atoms with Crippen molar-refractivity contribution < 1.29 is 14.3 Å². The number of amides is 1. The van der Waals surface area contributed by atoms with Crippen LogP contribution in [0.15, 0.2) is 23.7 Å². The van der Waals surface area contributed by atoms with Crippen LogP contribution in [0.25, 0.3) is 0 Å². The molecule has 1 saturated heterocycles. The van der Waals surface area contributed by atoms with Gasteiger partial charge in [-0.1, -0.05) is 23.4 Å². The second-order valence-corrected chi connectivity index (χ2v) is 7.24. The van der Waals surface area contributed by atoms with Crippen molar-refractivity contribution in [3.8, 4) is 5.88 Å². The van der Waals surface area contributed by atoms with Crippen molar-refractivity contribution in [2.24, 2.45) is 7.05 Å². The number of ether oxygens (including phenoxy) is 2. The molecule has 0 aliphatic carbocycles. The van der Waals surface area contributed by atoms with E-state index in [9.17, 15) is 4.79 Å². The molecule has 3 rings (SSSR count). The summed E-state index contributed by atoms with van der Waals surface area (Å²) in [5.74, 6) is 0.813. The first kappa shape index (κ1) is 18.9. The van der Waals surface area contributed by atoms with Gasteiger partial charge < -0.3 is 19.4 Å². The van der Waals surface area contributed by atoms with E-state index in [1.165, 1.54) is 18.0 Å². The molecule has 0 atom stereocenters. The fourth-order valence-corrected chi connectivity index (χ4v) is 3.35. The van der Waals surface area contributed by atoms with Crippen molar-refractivity contribution >= 4 is 29.3 Å². The molecular formula is C16H20ClN5O3S. The summed E-state index contributed by atoms with van der Waals surface area (Å²) in [7, 11) is 1.87. The average Bonchev–Trinajstić information content (AvgIpc) is 3.06. The lowest BCUT2D eigenvalue weighted by Gasteiger charge is -2.23. The van der Waals surface area contributed by atoms with Crippen LogP contribution in [0.1, 0.15) is 23.2 Å². The molecule has 2 aromatic heterocycles. The third-order valence-corrected chi connectivity index (χ3v) is 5.11. The Labute approximate surface area is 160 Å². The van der Waals surface area contributed by atoms with Gasteiger partial charge in [0, 0.05) is 38.4 Å². The Hall–Kier alpha value is -1.84. The maximum absolute atomic E-state index is 12.2. The Balaban J connectivity index is 1.48. The van der Waals surface area contributed by atoms with Gasteiger partial charge >= 0.3 is 0 Å². The lowest BCUT2D eigenvalue weighted by atomic mass is 10.1. The number of rotatable bonds is 7. The van der Waals surface area contributed by atoms with Gasteiger partial charge in [-0.25, -0.2) is 4.98 Å². The maximum Gasteiger partial charge on any atom is 0.252 e. The van der Waals surface area contributed by atoms with E-state index in [1.807, 2.05) is 11.6 Å². The number of hydrogen-bond acceptors (Lipinski definition) is 7. The molecule has 0 unspecified atom stereocenters. The summed E-state index contributed by atoms with van der Waals surface area (Å²) >= 11 is 7.74. The SMILES string of the molecule is Cn1cnnc1SCCNC(=O)c1cnc(OC2CCOCC2)c(Cl)c1. The summed E-state index contributed by atoms with van der Waals surface area (Å²) in [6, 6.07) is 1.58. The third kappa shape index (κ3) is 5.09. The number of carbonyl (C=O) groups excluding carboxylic acids is 1. The van der Waals surface area contributed by atoms with Crippen LogP contribution in [0.3, 0.4) is 0 Å². The van der Waals surface area contributed by atoms with Crippen molar-refractivity contribution in [2.45, 2.75) is 24.1 Å². The van der Waals surface area contributed by atoms with Crippen LogP contribution in [0.5, 0.6) is 5.88 Å². The van der Waals surface area contributed by atoms with Gasteiger partial charge in [0.05, 0.1) is 18.8 Å². The smallest absolute Gasteiger partial charge is 0.252 e. The van der Waals surface area contributed by atoms with Crippen LogP contribution < -0.4 is 10.1 Å². The average molecular weight is 398 g/mol. The molecule has 8 nitrogen and oxygen atoms in total. The first-order chi connectivity index (χ1) is 12.6. The number of aromatic nitrogens is 4. The summed E-state index contributed by atoms with van der Waals surface area (Å²) < 4.78 is 12.9. The normalized spacial score (nSPS) is 15.0. The zero-order valence-electron chi connectivity index (χ0n) is 14.4. The predicted octanol–water partition coefficient (Wildman–Crippen LogP) is 1.94. The zero-order chi connectivity index (χ0) is 18.4. The number of nitrogens with one attached hydrogen (secondary N) is 1. The van der Waals surface area contributed by atoms with Crippen molar-refractivity contribution in [2.75, 3.05) is 25.5 Å². The number of nitrogens with zero attached hydrogens (tertiary/aromatic N) is 4. The minimum Gasteiger partial charge on any atom is -0.473 e. The lowest BCUT2D eigenvalue weighted by molar-refractivity contribution is 0.0238. The minimum atomic E-state index is -0.226. The van der Waals surface area contributed by atoms with Crippen molar-refractivity contribution in [1.82, 2.24) is 25.1 Å². The number of hydrogen-bond donors (Lipinski definition) is 1. The summed E-state index contributed by atoms with van der Waals surface area (Å²) in [5.41, 5.74) is 0.401. The first-order valence-corrected chi connectivity index (χ1v) is 9.65. The van der Waals surface area contributed by atoms with Gasteiger partial charge in [-0.15, -0.1) is 10.2 Å². The van der Waals surface area contributed by atoms with Gasteiger partial charge in [0.2, 0.25) is 5.88 Å². The minimum absolute atomic E-state index is 0.0473. The van der Waals surface area contributed by atoms with Gasteiger partial charge in [-0.3, -0.25) is 4.79 Å². The number of aryl methyl sites for hydroxylation is 1. The third-order valence-electron chi connectivity index (χ3n) is 3.80. The maximum atomic E-state index is 12.2. The van der Waals surface area contributed by atoms with Crippen LogP contribution in [0.2, 0.25) is 5.02 Å². The molecule has 10 heteroatoms. The topological polar surface area (TPSA) is 91.2 Å².